The summed E-state index contributed by atoms with van der Waals surface area (Å²) >= 11 is 0. The van der Waals surface area contributed by atoms with Crippen molar-refractivity contribution in [2.45, 2.75) is 19.9 Å². The SMILES string of the molecule is CCOc1ccccc1[C@@H]1NC(=O)N(CC(=O)Nc2ccccc2C)C2=C1C(=O)OC2. The number of hydrogen-bond acceptors (Lipinski definition) is 5. The molecule has 160 valence electrons. The summed E-state index contributed by atoms with van der Waals surface area (Å²) < 4.78 is 10.9. The molecule has 1 atom stereocenters. The molecule has 2 aromatic carbocycles. The molecule has 8 nitrogen and oxygen atoms in total. The van der Waals surface area contributed by atoms with Gasteiger partial charge in [-0.25, -0.2) is 9.59 Å². The highest BCUT2D eigenvalue weighted by Crippen LogP contribution is 2.38. The first-order chi connectivity index (χ1) is 15.0. The maximum atomic E-state index is 12.9. The normalized spacial score (nSPS) is 17.7. The second-order valence-corrected chi connectivity index (χ2v) is 7.24. The van der Waals surface area contributed by atoms with Crippen LogP contribution in [0.3, 0.4) is 0 Å². The van der Waals surface area contributed by atoms with Gasteiger partial charge in [0.05, 0.1) is 23.9 Å². The number of para-hydroxylation sites is 2. The molecule has 0 radical (unpaired) electrons. The lowest BCUT2D eigenvalue weighted by Crippen LogP contribution is -2.49. The zero-order valence-electron chi connectivity index (χ0n) is 17.3. The van der Waals surface area contributed by atoms with Crippen LogP contribution >= 0.6 is 0 Å². The minimum Gasteiger partial charge on any atom is -0.494 e. The Morgan fingerprint density at radius 2 is 1.94 bits per heavy atom. The summed E-state index contributed by atoms with van der Waals surface area (Å²) in [5.74, 6) is -0.313. The minimum atomic E-state index is -0.712. The number of hydrogen-bond donors (Lipinski definition) is 2. The molecule has 0 spiro atoms. The summed E-state index contributed by atoms with van der Waals surface area (Å²) in [6.45, 7) is 3.88. The van der Waals surface area contributed by atoms with Crippen molar-refractivity contribution in [2.24, 2.45) is 0 Å². The van der Waals surface area contributed by atoms with E-state index in [-0.39, 0.29) is 19.1 Å². The van der Waals surface area contributed by atoms with Gasteiger partial charge in [0.25, 0.3) is 0 Å². The van der Waals surface area contributed by atoms with Gasteiger partial charge in [-0.05, 0) is 31.5 Å². The number of amides is 3. The van der Waals surface area contributed by atoms with Gasteiger partial charge in [0, 0.05) is 11.3 Å². The van der Waals surface area contributed by atoms with E-state index in [1.54, 1.807) is 18.2 Å². The summed E-state index contributed by atoms with van der Waals surface area (Å²) in [6, 6.07) is 13.4. The number of carbonyl (C=O) groups is 3. The first-order valence-electron chi connectivity index (χ1n) is 10.0. The maximum absolute atomic E-state index is 12.9. The largest absolute Gasteiger partial charge is 0.494 e. The maximum Gasteiger partial charge on any atom is 0.338 e. The molecule has 2 aliphatic rings. The average molecular weight is 421 g/mol. The van der Waals surface area contributed by atoms with E-state index in [2.05, 4.69) is 10.6 Å². The smallest absolute Gasteiger partial charge is 0.338 e. The number of urea groups is 1. The highest BCUT2D eigenvalue weighted by atomic mass is 16.5. The van der Waals surface area contributed by atoms with E-state index < -0.39 is 18.0 Å². The number of aryl methyl sites for hydroxylation is 1. The fraction of sp³-hybridized carbons (Fsp3) is 0.261. The Hall–Kier alpha value is -3.81. The van der Waals surface area contributed by atoms with Gasteiger partial charge in [-0.2, -0.15) is 0 Å². The summed E-state index contributed by atoms with van der Waals surface area (Å²) in [5.41, 5.74) is 2.95. The molecule has 4 rings (SSSR count). The first-order valence-corrected chi connectivity index (χ1v) is 10.0. The number of carbonyl (C=O) groups excluding carboxylic acids is 3. The zero-order valence-corrected chi connectivity index (χ0v) is 17.3. The monoisotopic (exact) mass is 421 g/mol. The fourth-order valence-electron chi connectivity index (χ4n) is 3.76. The predicted molar refractivity (Wildman–Crippen MR) is 113 cm³/mol. The van der Waals surface area contributed by atoms with Crippen LogP contribution in [0.1, 0.15) is 24.1 Å². The molecule has 0 saturated carbocycles. The van der Waals surface area contributed by atoms with Gasteiger partial charge in [-0.3, -0.25) is 9.69 Å². The number of ether oxygens (including phenoxy) is 2. The van der Waals surface area contributed by atoms with E-state index in [0.29, 0.717) is 34.9 Å². The molecule has 0 saturated heterocycles. The van der Waals surface area contributed by atoms with Crippen LogP contribution in [-0.2, 0) is 14.3 Å². The summed E-state index contributed by atoms with van der Waals surface area (Å²) in [4.78, 5) is 39.4. The van der Waals surface area contributed by atoms with E-state index >= 15 is 0 Å². The number of cyclic esters (lactones) is 1. The van der Waals surface area contributed by atoms with Gasteiger partial charge < -0.3 is 20.1 Å². The molecular weight excluding hydrogens is 398 g/mol. The van der Waals surface area contributed by atoms with Gasteiger partial charge in [-0.15, -0.1) is 0 Å². The molecule has 0 unspecified atom stereocenters. The lowest BCUT2D eigenvalue weighted by atomic mass is 9.95. The van der Waals surface area contributed by atoms with Crippen LogP contribution in [0.5, 0.6) is 5.75 Å². The molecule has 3 amide bonds. The van der Waals surface area contributed by atoms with Crippen molar-refractivity contribution in [2.75, 3.05) is 25.1 Å². The summed E-state index contributed by atoms with van der Waals surface area (Å²) in [5, 5.41) is 5.64. The molecule has 0 fully saturated rings. The second-order valence-electron chi connectivity index (χ2n) is 7.24. The van der Waals surface area contributed by atoms with Crippen molar-refractivity contribution in [3.05, 3.63) is 70.9 Å². The van der Waals surface area contributed by atoms with E-state index in [1.807, 2.05) is 44.2 Å². The Labute approximate surface area is 179 Å². The number of nitrogens with zero attached hydrogens (tertiary/aromatic N) is 1. The van der Waals surface area contributed by atoms with Crippen molar-refractivity contribution >= 4 is 23.6 Å². The van der Waals surface area contributed by atoms with Crippen molar-refractivity contribution in [1.29, 1.82) is 0 Å². The van der Waals surface area contributed by atoms with Crippen LogP contribution in [0.15, 0.2) is 59.8 Å². The molecule has 0 aliphatic carbocycles. The van der Waals surface area contributed by atoms with Gasteiger partial charge in [0.1, 0.15) is 18.9 Å². The highest BCUT2D eigenvalue weighted by molar-refractivity contribution is 6.00. The molecule has 2 aromatic rings. The van der Waals surface area contributed by atoms with Crippen LogP contribution in [0.2, 0.25) is 0 Å². The van der Waals surface area contributed by atoms with Crippen LogP contribution in [0.4, 0.5) is 10.5 Å². The quantitative estimate of drug-likeness (QED) is 0.699. The lowest BCUT2D eigenvalue weighted by Gasteiger charge is -2.33. The number of rotatable bonds is 6. The van der Waals surface area contributed by atoms with Crippen molar-refractivity contribution in [1.82, 2.24) is 10.2 Å². The van der Waals surface area contributed by atoms with Crippen LogP contribution < -0.4 is 15.4 Å². The molecule has 8 heteroatoms. The second kappa shape index (κ2) is 8.51. The topological polar surface area (TPSA) is 97.0 Å². The van der Waals surface area contributed by atoms with Crippen molar-refractivity contribution < 1.29 is 23.9 Å². The van der Waals surface area contributed by atoms with E-state index in [9.17, 15) is 14.4 Å². The zero-order chi connectivity index (χ0) is 22.0. The third-order valence-electron chi connectivity index (χ3n) is 5.25. The molecular formula is C23H23N3O5. The predicted octanol–water partition coefficient (Wildman–Crippen LogP) is 2.91. The molecule has 2 aliphatic heterocycles. The number of nitrogens with one attached hydrogen (secondary N) is 2. The van der Waals surface area contributed by atoms with Crippen LogP contribution in [-0.4, -0.2) is 42.6 Å². The van der Waals surface area contributed by atoms with Gasteiger partial charge >= 0.3 is 12.0 Å². The Bertz CT molecular complexity index is 1080. The molecule has 0 bridgehead atoms. The highest BCUT2D eigenvalue weighted by Gasteiger charge is 2.43. The Morgan fingerprint density at radius 1 is 1.19 bits per heavy atom. The van der Waals surface area contributed by atoms with Crippen molar-refractivity contribution in [3.63, 3.8) is 0 Å². The van der Waals surface area contributed by atoms with E-state index in [4.69, 9.17) is 9.47 Å². The number of esters is 1. The summed E-state index contributed by atoms with van der Waals surface area (Å²) in [7, 11) is 0. The lowest BCUT2D eigenvalue weighted by molar-refractivity contribution is -0.136. The standard InChI is InChI=1S/C23H23N3O5/c1-3-30-18-11-7-5-9-15(18)21-20-17(13-31-22(20)28)26(23(29)25-21)12-19(27)24-16-10-6-4-8-14(16)2/h4-11,21H,3,12-13H2,1-2H3,(H,24,27)(H,25,29)/t21-/m0/s1. The Morgan fingerprint density at radius 3 is 2.71 bits per heavy atom. The van der Waals surface area contributed by atoms with Crippen LogP contribution in [0.25, 0.3) is 0 Å². The van der Waals surface area contributed by atoms with Gasteiger partial charge in [0.2, 0.25) is 5.91 Å². The fourth-order valence-corrected chi connectivity index (χ4v) is 3.76. The third kappa shape index (κ3) is 3.96. The molecule has 31 heavy (non-hydrogen) atoms. The van der Waals surface area contributed by atoms with E-state index in [0.717, 1.165) is 5.56 Å². The van der Waals surface area contributed by atoms with Crippen molar-refractivity contribution in [3.8, 4) is 5.75 Å². The Balaban J connectivity index is 1.63. The van der Waals surface area contributed by atoms with Gasteiger partial charge in [-0.1, -0.05) is 36.4 Å². The molecule has 2 heterocycles. The van der Waals surface area contributed by atoms with E-state index in [1.165, 1.54) is 4.90 Å². The Kier molecular flexibility index (Phi) is 5.62. The molecule has 0 aromatic heterocycles. The summed E-state index contributed by atoms with van der Waals surface area (Å²) in [6.07, 6.45) is 0. The number of benzene rings is 2. The minimum absolute atomic E-state index is 0.0630. The molecule has 2 N–H and O–H groups in total. The number of anilines is 1. The van der Waals surface area contributed by atoms with Crippen LogP contribution in [0, 0.1) is 6.92 Å². The average Bonchev–Trinajstić information content (AvgIpc) is 3.14. The third-order valence-corrected chi connectivity index (χ3v) is 5.25. The first kappa shape index (κ1) is 20.5. The van der Waals surface area contributed by atoms with Gasteiger partial charge in [0.15, 0.2) is 0 Å².